The molecule has 2 aliphatic rings. The smallest absolute Gasteiger partial charge is 0.320 e. The molecule has 1 aromatic heterocycles. The van der Waals surface area contributed by atoms with E-state index in [4.69, 9.17) is 10.5 Å². The van der Waals surface area contributed by atoms with Gasteiger partial charge in [-0.25, -0.2) is 0 Å². The summed E-state index contributed by atoms with van der Waals surface area (Å²) in [6.45, 7) is 6.97. The Bertz CT molecular complexity index is 606. The first-order chi connectivity index (χ1) is 12.7. The molecule has 144 valence electrons. The summed E-state index contributed by atoms with van der Waals surface area (Å²) in [6.07, 6.45) is 7.16. The summed E-state index contributed by atoms with van der Waals surface area (Å²) in [5.41, 5.74) is 6.68. The van der Waals surface area contributed by atoms with Gasteiger partial charge in [0, 0.05) is 6.54 Å². The molecule has 0 saturated carbocycles. The average Bonchev–Trinajstić information content (AvgIpc) is 3.27. The zero-order chi connectivity index (χ0) is 18.4. The van der Waals surface area contributed by atoms with E-state index in [9.17, 15) is 4.79 Å². The maximum Gasteiger partial charge on any atom is 0.320 e. The lowest BCUT2D eigenvalue weighted by Crippen LogP contribution is -2.38. The molecule has 0 bridgehead atoms. The first kappa shape index (κ1) is 18.7. The maximum atomic E-state index is 11.5. The van der Waals surface area contributed by atoms with Gasteiger partial charge in [-0.3, -0.25) is 4.79 Å². The van der Waals surface area contributed by atoms with Gasteiger partial charge in [-0.15, -0.1) is 0 Å². The van der Waals surface area contributed by atoms with Crippen LogP contribution in [0.3, 0.4) is 0 Å². The van der Waals surface area contributed by atoms with Crippen LogP contribution in [0.25, 0.3) is 0 Å². The summed E-state index contributed by atoms with van der Waals surface area (Å²) in [5, 5.41) is 3.12. The van der Waals surface area contributed by atoms with Gasteiger partial charge in [0.15, 0.2) is 24.1 Å². The van der Waals surface area contributed by atoms with Crippen molar-refractivity contribution in [2.75, 3.05) is 48.7 Å². The number of rotatable bonds is 10. The van der Waals surface area contributed by atoms with E-state index >= 15 is 0 Å². The molecule has 1 fully saturated rings. The molecule has 8 nitrogen and oxygen atoms in total. The van der Waals surface area contributed by atoms with Gasteiger partial charge in [0.2, 0.25) is 0 Å². The predicted octanol–water partition coefficient (Wildman–Crippen LogP) is 1.87. The Balaban J connectivity index is 1.62. The van der Waals surface area contributed by atoms with E-state index in [1.165, 1.54) is 25.9 Å². The molecule has 0 amide bonds. The highest BCUT2D eigenvalue weighted by Crippen LogP contribution is 2.37. The van der Waals surface area contributed by atoms with E-state index < -0.39 is 6.17 Å². The summed E-state index contributed by atoms with van der Waals surface area (Å²) >= 11 is 0. The molecular weight excluding hydrogens is 332 g/mol. The van der Waals surface area contributed by atoms with Crippen molar-refractivity contribution in [2.45, 2.75) is 51.6 Å². The number of ether oxygens (including phenoxy) is 1. The first-order valence-electron chi connectivity index (χ1n) is 9.74. The second-order valence-corrected chi connectivity index (χ2v) is 6.97. The molecule has 0 aromatic carbocycles. The number of nitrogen functional groups attached to an aromatic ring is 1. The molecule has 1 unspecified atom stereocenters. The zero-order valence-electron chi connectivity index (χ0n) is 15.6. The zero-order valence-corrected chi connectivity index (χ0v) is 15.6. The summed E-state index contributed by atoms with van der Waals surface area (Å²) in [4.78, 5) is 24.7. The highest BCUT2D eigenvalue weighted by Gasteiger charge is 2.32. The van der Waals surface area contributed by atoms with Gasteiger partial charge in [0.1, 0.15) is 5.69 Å². The minimum absolute atomic E-state index is 0.283. The standard InChI is InChI=1S/C18H30N6O2/c1-2-3-12-26-18-21-16(19)15-17(22-18)24(14(13-25)20-15)11-7-6-10-23-8-4-5-9-23/h13-14,20H,2-12H2,1H3,(H2,19,21,22). The van der Waals surface area contributed by atoms with Crippen molar-refractivity contribution >= 4 is 23.6 Å². The Morgan fingerprint density at radius 3 is 2.73 bits per heavy atom. The summed E-state index contributed by atoms with van der Waals surface area (Å²) in [7, 11) is 0. The van der Waals surface area contributed by atoms with Crippen LogP contribution in [0.15, 0.2) is 0 Å². The largest absolute Gasteiger partial charge is 0.463 e. The van der Waals surface area contributed by atoms with Crippen LogP contribution in [0.1, 0.15) is 45.4 Å². The van der Waals surface area contributed by atoms with Crippen molar-refractivity contribution in [3.63, 3.8) is 0 Å². The van der Waals surface area contributed by atoms with Crippen molar-refractivity contribution in [1.29, 1.82) is 0 Å². The third-order valence-corrected chi connectivity index (χ3v) is 4.98. The van der Waals surface area contributed by atoms with Gasteiger partial charge in [0.25, 0.3) is 0 Å². The number of nitrogens with one attached hydrogen (secondary N) is 1. The number of unbranched alkanes of at least 4 members (excludes halogenated alkanes) is 2. The molecule has 3 N–H and O–H groups in total. The second-order valence-electron chi connectivity index (χ2n) is 6.97. The second kappa shape index (κ2) is 9.02. The molecular formula is C18H30N6O2. The third kappa shape index (κ3) is 4.35. The number of fused-ring (bicyclic) bond motifs is 1. The average molecular weight is 362 g/mol. The topological polar surface area (TPSA) is 96.6 Å². The van der Waals surface area contributed by atoms with Crippen LogP contribution < -0.4 is 20.7 Å². The SMILES string of the molecule is CCCCOc1nc(N)c2c(n1)N(CCCCN1CCCC1)C(C=O)N2. The minimum atomic E-state index is -0.445. The van der Waals surface area contributed by atoms with Crippen molar-refractivity contribution in [3.8, 4) is 6.01 Å². The molecule has 8 heteroatoms. The number of anilines is 3. The number of aldehydes is 1. The minimum Gasteiger partial charge on any atom is -0.463 e. The Morgan fingerprint density at radius 1 is 1.23 bits per heavy atom. The normalized spacial score (nSPS) is 19.4. The summed E-state index contributed by atoms with van der Waals surface area (Å²) in [6, 6.07) is 0.283. The molecule has 0 spiro atoms. The van der Waals surface area contributed by atoms with Gasteiger partial charge < -0.3 is 25.6 Å². The van der Waals surface area contributed by atoms with Gasteiger partial charge in [-0.05, 0) is 51.7 Å². The van der Waals surface area contributed by atoms with Crippen molar-refractivity contribution in [3.05, 3.63) is 0 Å². The number of aromatic nitrogens is 2. The lowest BCUT2D eigenvalue weighted by molar-refractivity contribution is -0.108. The Kier molecular flexibility index (Phi) is 6.49. The van der Waals surface area contributed by atoms with Gasteiger partial charge in [-0.1, -0.05) is 13.3 Å². The van der Waals surface area contributed by atoms with Crippen LogP contribution in [-0.4, -0.2) is 60.1 Å². The molecule has 3 heterocycles. The fraction of sp³-hybridized carbons (Fsp3) is 0.722. The first-order valence-corrected chi connectivity index (χ1v) is 9.74. The molecule has 0 radical (unpaired) electrons. The van der Waals surface area contributed by atoms with Crippen LogP contribution in [0.4, 0.5) is 17.3 Å². The number of carbonyl (C=O) groups excluding carboxylic acids is 1. The molecule has 1 saturated heterocycles. The van der Waals surface area contributed by atoms with Crippen LogP contribution in [0.2, 0.25) is 0 Å². The molecule has 26 heavy (non-hydrogen) atoms. The number of hydrogen-bond donors (Lipinski definition) is 2. The van der Waals surface area contributed by atoms with E-state index in [0.29, 0.717) is 23.9 Å². The maximum absolute atomic E-state index is 11.5. The van der Waals surface area contributed by atoms with Crippen LogP contribution in [0.5, 0.6) is 6.01 Å². The number of carbonyl (C=O) groups is 1. The monoisotopic (exact) mass is 362 g/mol. The summed E-state index contributed by atoms with van der Waals surface area (Å²) in [5.74, 6) is 0.996. The molecule has 1 aromatic rings. The molecule has 1 atom stereocenters. The predicted molar refractivity (Wildman–Crippen MR) is 103 cm³/mol. The Hall–Kier alpha value is -2.09. The van der Waals surface area contributed by atoms with E-state index in [2.05, 4.69) is 27.1 Å². The van der Waals surface area contributed by atoms with Crippen LogP contribution in [0, 0.1) is 0 Å². The van der Waals surface area contributed by atoms with E-state index in [1.807, 2.05) is 4.90 Å². The van der Waals surface area contributed by atoms with Crippen molar-refractivity contribution in [1.82, 2.24) is 14.9 Å². The number of nitrogens with two attached hydrogens (primary N) is 1. The van der Waals surface area contributed by atoms with Gasteiger partial charge in [0.05, 0.1) is 6.61 Å². The van der Waals surface area contributed by atoms with E-state index in [0.717, 1.165) is 45.1 Å². The molecule has 2 aliphatic heterocycles. The van der Waals surface area contributed by atoms with Gasteiger partial charge >= 0.3 is 6.01 Å². The number of likely N-dealkylation sites (tertiary alicyclic amines) is 1. The highest BCUT2D eigenvalue weighted by atomic mass is 16.5. The fourth-order valence-electron chi connectivity index (χ4n) is 3.50. The Morgan fingerprint density at radius 2 is 2.00 bits per heavy atom. The lowest BCUT2D eigenvalue weighted by atomic mass is 10.2. The van der Waals surface area contributed by atoms with E-state index in [-0.39, 0.29) is 6.01 Å². The van der Waals surface area contributed by atoms with Gasteiger partial charge in [-0.2, -0.15) is 9.97 Å². The molecule has 3 rings (SSSR count). The van der Waals surface area contributed by atoms with Crippen molar-refractivity contribution in [2.24, 2.45) is 0 Å². The third-order valence-electron chi connectivity index (χ3n) is 4.98. The van der Waals surface area contributed by atoms with Crippen LogP contribution in [-0.2, 0) is 4.79 Å². The van der Waals surface area contributed by atoms with Crippen LogP contribution >= 0.6 is 0 Å². The summed E-state index contributed by atoms with van der Waals surface area (Å²) < 4.78 is 5.61. The number of nitrogens with zero attached hydrogens (tertiary/aromatic N) is 4. The molecule has 0 aliphatic carbocycles. The van der Waals surface area contributed by atoms with E-state index in [1.54, 1.807) is 0 Å². The quantitative estimate of drug-likeness (QED) is 0.481. The highest BCUT2D eigenvalue weighted by molar-refractivity contribution is 5.87. The van der Waals surface area contributed by atoms with Crippen molar-refractivity contribution < 1.29 is 9.53 Å². The fourth-order valence-corrected chi connectivity index (χ4v) is 3.50. The lowest BCUT2D eigenvalue weighted by Gasteiger charge is -2.22. The Labute approximate surface area is 155 Å². The number of hydrogen-bond acceptors (Lipinski definition) is 8.